The third-order valence-corrected chi connectivity index (χ3v) is 4.82. The highest BCUT2D eigenvalue weighted by Crippen LogP contribution is 2.34. The average Bonchev–Trinajstić information content (AvgIpc) is 2.58. The van der Waals surface area contributed by atoms with Crippen LogP contribution >= 0.6 is 11.8 Å². The van der Waals surface area contributed by atoms with E-state index >= 15 is 0 Å². The molecule has 0 amide bonds. The van der Waals surface area contributed by atoms with Gasteiger partial charge in [-0.25, -0.2) is 9.38 Å². The molecule has 0 saturated carbocycles. The van der Waals surface area contributed by atoms with Gasteiger partial charge < -0.3 is 4.90 Å². The van der Waals surface area contributed by atoms with Crippen molar-refractivity contribution < 1.29 is 30.7 Å². The molecule has 0 unspecified atom stereocenters. The molecule has 0 aliphatic heterocycles. The number of amidine groups is 1. The van der Waals surface area contributed by atoms with E-state index in [1.165, 1.54) is 17.9 Å². The topological polar surface area (TPSA) is 28.5 Å². The Morgan fingerprint density at radius 1 is 1.10 bits per heavy atom. The molecule has 0 aliphatic carbocycles. The SMILES string of the molecule is Cc1cc(F)c(N=C(c2ccc(C(F)(F)F)nc2)N(C)C)cc1SCC(F)(F)F. The van der Waals surface area contributed by atoms with Gasteiger partial charge in [-0.05, 0) is 36.8 Å². The van der Waals surface area contributed by atoms with Gasteiger partial charge in [0, 0.05) is 30.8 Å². The minimum absolute atomic E-state index is 0.0979. The lowest BCUT2D eigenvalue weighted by molar-refractivity contribution is -0.141. The lowest BCUT2D eigenvalue weighted by atomic mass is 10.2. The molecule has 3 nitrogen and oxygen atoms in total. The smallest absolute Gasteiger partial charge is 0.362 e. The maximum absolute atomic E-state index is 14.3. The van der Waals surface area contributed by atoms with Crippen LogP contribution in [0, 0.1) is 12.7 Å². The highest BCUT2D eigenvalue weighted by atomic mass is 32.2. The summed E-state index contributed by atoms with van der Waals surface area (Å²) < 4.78 is 89.9. The van der Waals surface area contributed by atoms with E-state index in [-0.39, 0.29) is 22.0 Å². The lowest BCUT2D eigenvalue weighted by Crippen LogP contribution is -2.23. The molecule has 0 aliphatic rings. The Balaban J connectivity index is 2.44. The Bertz CT molecular complexity index is 888. The van der Waals surface area contributed by atoms with Crippen molar-refractivity contribution in [1.29, 1.82) is 0 Å². The van der Waals surface area contributed by atoms with Gasteiger partial charge in [0.25, 0.3) is 0 Å². The standard InChI is InChI=1S/C18H16F7N3S/c1-10-6-12(19)13(7-14(10)29-9-17(20,21)22)27-16(28(2)3)11-4-5-15(26-8-11)18(23,24)25/h4-8H,9H2,1-3H3. The van der Waals surface area contributed by atoms with Crippen LogP contribution in [-0.2, 0) is 6.18 Å². The van der Waals surface area contributed by atoms with Crippen molar-refractivity contribution in [2.45, 2.75) is 24.2 Å². The van der Waals surface area contributed by atoms with Crippen molar-refractivity contribution in [3.8, 4) is 0 Å². The Kier molecular flexibility index (Phi) is 6.82. The van der Waals surface area contributed by atoms with Crippen LogP contribution in [0.2, 0.25) is 0 Å². The molecule has 0 spiro atoms. The van der Waals surface area contributed by atoms with Crippen molar-refractivity contribution in [3.05, 3.63) is 53.1 Å². The van der Waals surface area contributed by atoms with Crippen molar-refractivity contribution in [1.82, 2.24) is 9.88 Å². The van der Waals surface area contributed by atoms with Gasteiger partial charge in [0.05, 0.1) is 5.75 Å². The second kappa shape index (κ2) is 8.60. The fourth-order valence-corrected chi connectivity index (χ4v) is 3.07. The van der Waals surface area contributed by atoms with Gasteiger partial charge in [-0.2, -0.15) is 26.3 Å². The molecule has 0 N–H and O–H groups in total. The molecular formula is C18H16F7N3S. The first kappa shape index (κ1) is 23.0. The van der Waals surface area contributed by atoms with Gasteiger partial charge in [0.2, 0.25) is 0 Å². The van der Waals surface area contributed by atoms with Crippen molar-refractivity contribution in [3.63, 3.8) is 0 Å². The normalized spacial score (nSPS) is 13.0. The molecule has 0 radical (unpaired) electrons. The molecule has 11 heteroatoms. The second-order valence-corrected chi connectivity index (χ2v) is 7.25. The average molecular weight is 439 g/mol. The molecule has 0 bridgehead atoms. The zero-order valence-electron chi connectivity index (χ0n) is 15.5. The number of pyridine rings is 1. The highest BCUT2D eigenvalue weighted by Gasteiger charge is 2.32. The summed E-state index contributed by atoms with van der Waals surface area (Å²) in [6.45, 7) is 1.47. The summed E-state index contributed by atoms with van der Waals surface area (Å²) in [5, 5.41) is 0. The van der Waals surface area contributed by atoms with Crippen LogP contribution in [0.5, 0.6) is 0 Å². The number of aromatic nitrogens is 1. The maximum atomic E-state index is 14.3. The molecule has 0 atom stereocenters. The van der Waals surface area contributed by atoms with Crippen molar-refractivity contribution in [2.75, 3.05) is 19.8 Å². The monoisotopic (exact) mass is 439 g/mol. The Morgan fingerprint density at radius 3 is 2.24 bits per heavy atom. The molecular weight excluding hydrogens is 423 g/mol. The lowest BCUT2D eigenvalue weighted by Gasteiger charge is -2.17. The number of halogens is 7. The number of hydrogen-bond acceptors (Lipinski definition) is 3. The second-order valence-electron chi connectivity index (χ2n) is 6.23. The molecule has 0 saturated heterocycles. The summed E-state index contributed by atoms with van der Waals surface area (Å²) in [7, 11) is 3.09. The molecule has 2 rings (SSSR count). The predicted molar refractivity (Wildman–Crippen MR) is 97.0 cm³/mol. The number of thioether (sulfide) groups is 1. The molecule has 2 aromatic rings. The van der Waals surface area contributed by atoms with Crippen LogP contribution in [0.25, 0.3) is 0 Å². The van der Waals surface area contributed by atoms with E-state index in [9.17, 15) is 30.7 Å². The molecule has 29 heavy (non-hydrogen) atoms. The van der Waals surface area contributed by atoms with E-state index in [1.807, 2.05) is 0 Å². The van der Waals surface area contributed by atoms with E-state index in [1.54, 1.807) is 14.1 Å². The molecule has 1 heterocycles. The van der Waals surface area contributed by atoms with Gasteiger partial charge >= 0.3 is 12.4 Å². The Labute approximate surface area is 166 Å². The van der Waals surface area contributed by atoms with Crippen molar-refractivity contribution in [2.24, 2.45) is 4.99 Å². The van der Waals surface area contributed by atoms with Gasteiger partial charge in [-0.15, -0.1) is 11.8 Å². The Morgan fingerprint density at radius 2 is 1.76 bits per heavy atom. The summed E-state index contributed by atoms with van der Waals surface area (Å²) in [5.41, 5.74) is -0.818. The first-order valence-electron chi connectivity index (χ1n) is 8.07. The molecule has 1 aromatic carbocycles. The number of rotatable bonds is 4. The highest BCUT2D eigenvalue weighted by molar-refractivity contribution is 7.99. The first-order chi connectivity index (χ1) is 13.3. The predicted octanol–water partition coefficient (Wildman–Crippen LogP) is 5.84. The third kappa shape index (κ3) is 6.34. The maximum Gasteiger partial charge on any atom is 0.433 e. The zero-order chi connectivity index (χ0) is 22.0. The van der Waals surface area contributed by atoms with Crippen LogP contribution in [0.4, 0.5) is 36.4 Å². The fraction of sp³-hybridized carbons (Fsp3) is 0.333. The summed E-state index contributed by atoms with van der Waals surface area (Å²) in [5.74, 6) is -1.81. The van der Waals surface area contributed by atoms with Crippen LogP contribution < -0.4 is 0 Å². The Hall–Kier alpha value is -2.30. The van der Waals surface area contributed by atoms with Crippen molar-refractivity contribution >= 4 is 23.3 Å². The van der Waals surface area contributed by atoms with Crippen LogP contribution in [0.15, 0.2) is 40.4 Å². The van der Waals surface area contributed by atoms with Crippen LogP contribution in [0.1, 0.15) is 16.8 Å². The summed E-state index contributed by atoms with van der Waals surface area (Å²) in [6.07, 6.45) is -8.05. The fourth-order valence-electron chi connectivity index (χ4n) is 2.27. The number of nitrogens with zero attached hydrogens (tertiary/aromatic N) is 3. The van der Waals surface area contributed by atoms with E-state index in [4.69, 9.17) is 0 Å². The van der Waals surface area contributed by atoms with Gasteiger partial charge in [-0.3, -0.25) is 4.98 Å². The molecule has 0 fully saturated rings. The summed E-state index contributed by atoms with van der Waals surface area (Å²) in [6, 6.07) is 4.16. The first-order valence-corrected chi connectivity index (χ1v) is 9.06. The largest absolute Gasteiger partial charge is 0.433 e. The van der Waals surface area contributed by atoms with E-state index in [2.05, 4.69) is 9.98 Å². The number of alkyl halides is 6. The minimum Gasteiger partial charge on any atom is -0.362 e. The quantitative estimate of drug-likeness (QED) is 0.259. The number of hydrogen-bond donors (Lipinski definition) is 0. The molecule has 1 aromatic heterocycles. The minimum atomic E-state index is -4.61. The zero-order valence-corrected chi connectivity index (χ0v) is 16.3. The summed E-state index contributed by atoms with van der Waals surface area (Å²) >= 11 is 0.501. The third-order valence-electron chi connectivity index (χ3n) is 3.60. The molecule has 158 valence electrons. The van der Waals surface area contributed by atoms with E-state index in [0.717, 1.165) is 24.4 Å². The van der Waals surface area contributed by atoms with E-state index in [0.29, 0.717) is 17.3 Å². The number of aliphatic imine (C=N–C) groups is 1. The number of aryl methyl sites for hydroxylation is 1. The van der Waals surface area contributed by atoms with Gasteiger partial charge in [0.15, 0.2) is 0 Å². The van der Waals surface area contributed by atoms with E-state index < -0.39 is 29.6 Å². The summed E-state index contributed by atoms with van der Waals surface area (Å²) in [4.78, 5) is 9.10. The van der Waals surface area contributed by atoms with Gasteiger partial charge in [0.1, 0.15) is 23.0 Å². The van der Waals surface area contributed by atoms with Crippen LogP contribution in [0.3, 0.4) is 0 Å². The van der Waals surface area contributed by atoms with Gasteiger partial charge in [-0.1, -0.05) is 0 Å². The number of benzene rings is 1. The van der Waals surface area contributed by atoms with Crippen LogP contribution in [-0.4, -0.2) is 41.7 Å².